The highest BCUT2D eigenvalue weighted by Gasteiger charge is 2.25. The van der Waals surface area contributed by atoms with Crippen LogP contribution in [0.1, 0.15) is 54.7 Å². The van der Waals surface area contributed by atoms with Gasteiger partial charge in [-0.05, 0) is 43.4 Å². The van der Waals surface area contributed by atoms with Crippen LogP contribution in [0.15, 0.2) is 12.1 Å². The molecule has 1 saturated carbocycles. The van der Waals surface area contributed by atoms with Gasteiger partial charge >= 0.3 is 0 Å². The third-order valence-corrected chi connectivity index (χ3v) is 4.38. The lowest BCUT2D eigenvalue weighted by Crippen LogP contribution is -2.27. The molecule has 2 atom stereocenters. The molecule has 1 aliphatic rings. The first kappa shape index (κ1) is 13.4. The molecule has 1 aliphatic carbocycles. The van der Waals surface area contributed by atoms with Gasteiger partial charge < -0.3 is 10.5 Å². The smallest absolute Gasteiger partial charge is 0.125 e. The molecule has 0 aromatic heterocycles. The lowest BCUT2D eigenvalue weighted by molar-refractivity contribution is 0.393. The maximum absolute atomic E-state index is 6.37. The summed E-state index contributed by atoms with van der Waals surface area (Å²) in [6.45, 7) is 4.27. The van der Waals surface area contributed by atoms with Crippen LogP contribution in [0, 0.1) is 13.8 Å². The van der Waals surface area contributed by atoms with Crippen LogP contribution >= 0.6 is 0 Å². The summed E-state index contributed by atoms with van der Waals surface area (Å²) in [4.78, 5) is 0. The summed E-state index contributed by atoms with van der Waals surface area (Å²) in [5.74, 6) is 1.51. The number of aryl methyl sites for hydroxylation is 1. The fraction of sp³-hybridized carbons (Fsp3) is 0.625. The van der Waals surface area contributed by atoms with Gasteiger partial charge in [-0.25, -0.2) is 0 Å². The van der Waals surface area contributed by atoms with Crippen LogP contribution in [0.25, 0.3) is 0 Å². The minimum Gasteiger partial charge on any atom is -0.496 e. The molecule has 2 rings (SSSR count). The summed E-state index contributed by atoms with van der Waals surface area (Å²) in [5.41, 5.74) is 10.2. The van der Waals surface area contributed by atoms with Crippen molar-refractivity contribution < 1.29 is 4.74 Å². The lowest BCUT2D eigenvalue weighted by atomic mass is 9.86. The Balaban J connectivity index is 2.39. The lowest BCUT2D eigenvalue weighted by Gasteiger charge is -2.25. The Hall–Kier alpha value is -1.02. The molecule has 0 heterocycles. The molecule has 2 heteroatoms. The van der Waals surface area contributed by atoms with Gasteiger partial charge in [-0.2, -0.15) is 0 Å². The van der Waals surface area contributed by atoms with Gasteiger partial charge in [0.2, 0.25) is 0 Å². The predicted octanol–water partition coefficient (Wildman–Crippen LogP) is 3.69. The number of hydrogen-bond acceptors (Lipinski definition) is 2. The van der Waals surface area contributed by atoms with Gasteiger partial charge in [0.25, 0.3) is 0 Å². The van der Waals surface area contributed by atoms with Crippen molar-refractivity contribution in [2.24, 2.45) is 5.73 Å². The van der Waals surface area contributed by atoms with Crippen molar-refractivity contribution in [3.05, 3.63) is 28.8 Å². The van der Waals surface area contributed by atoms with E-state index in [4.69, 9.17) is 10.5 Å². The number of methoxy groups -OCH3 is 1. The fourth-order valence-electron chi connectivity index (χ4n) is 3.10. The monoisotopic (exact) mass is 247 g/mol. The zero-order chi connectivity index (χ0) is 13.1. The second-order valence-corrected chi connectivity index (χ2v) is 5.54. The molecule has 18 heavy (non-hydrogen) atoms. The largest absolute Gasteiger partial charge is 0.496 e. The minimum absolute atomic E-state index is 0.281. The summed E-state index contributed by atoms with van der Waals surface area (Å²) in [6.07, 6.45) is 6.21. The van der Waals surface area contributed by atoms with E-state index in [1.165, 1.54) is 42.4 Å². The summed E-state index contributed by atoms with van der Waals surface area (Å²) >= 11 is 0. The Kier molecular flexibility index (Phi) is 4.28. The first-order valence-electron chi connectivity index (χ1n) is 7.04. The molecule has 100 valence electrons. The summed E-state index contributed by atoms with van der Waals surface area (Å²) in [5, 5.41) is 0. The standard InChI is InChI=1S/C16H25NO/c1-11-9-10-14(16(18-3)12(11)2)13-7-5-4-6-8-15(13)17/h9-10,13,15H,4-8,17H2,1-3H3. The topological polar surface area (TPSA) is 35.2 Å². The van der Waals surface area contributed by atoms with E-state index >= 15 is 0 Å². The molecule has 2 nitrogen and oxygen atoms in total. The first-order chi connectivity index (χ1) is 8.65. The van der Waals surface area contributed by atoms with Crippen molar-refractivity contribution in [3.63, 3.8) is 0 Å². The van der Waals surface area contributed by atoms with Crippen LogP contribution < -0.4 is 10.5 Å². The molecule has 1 aromatic carbocycles. The Labute approximate surface area is 111 Å². The van der Waals surface area contributed by atoms with Crippen LogP contribution in [0.3, 0.4) is 0 Å². The number of hydrogen-bond donors (Lipinski definition) is 1. The van der Waals surface area contributed by atoms with E-state index in [0.29, 0.717) is 5.92 Å². The maximum Gasteiger partial charge on any atom is 0.125 e. The zero-order valence-electron chi connectivity index (χ0n) is 11.8. The Morgan fingerprint density at radius 2 is 1.83 bits per heavy atom. The predicted molar refractivity (Wildman–Crippen MR) is 76.3 cm³/mol. The molecule has 1 aromatic rings. The summed E-state index contributed by atoms with van der Waals surface area (Å²) < 4.78 is 5.64. The number of rotatable bonds is 2. The van der Waals surface area contributed by atoms with E-state index in [2.05, 4.69) is 26.0 Å². The second-order valence-electron chi connectivity index (χ2n) is 5.54. The Morgan fingerprint density at radius 3 is 2.56 bits per heavy atom. The third kappa shape index (κ3) is 2.54. The highest BCUT2D eigenvalue weighted by Crippen LogP contribution is 2.38. The molecule has 1 fully saturated rings. The average molecular weight is 247 g/mol. The van der Waals surface area contributed by atoms with Crippen LogP contribution in [0.4, 0.5) is 0 Å². The SMILES string of the molecule is COc1c(C2CCCCCC2N)ccc(C)c1C. The van der Waals surface area contributed by atoms with Crippen LogP contribution in [0.2, 0.25) is 0 Å². The minimum atomic E-state index is 0.281. The van der Waals surface area contributed by atoms with Gasteiger partial charge in [-0.15, -0.1) is 0 Å². The molecule has 0 bridgehead atoms. The van der Waals surface area contributed by atoms with Gasteiger partial charge in [0.1, 0.15) is 5.75 Å². The molecule has 2 N–H and O–H groups in total. The van der Waals surface area contributed by atoms with E-state index in [1.54, 1.807) is 7.11 Å². The zero-order valence-corrected chi connectivity index (χ0v) is 11.8. The van der Waals surface area contributed by atoms with E-state index in [1.807, 2.05) is 0 Å². The van der Waals surface area contributed by atoms with Crippen molar-refractivity contribution >= 4 is 0 Å². The Bertz CT molecular complexity index is 414. The van der Waals surface area contributed by atoms with Gasteiger partial charge in [0.05, 0.1) is 7.11 Å². The number of ether oxygens (including phenoxy) is 1. The van der Waals surface area contributed by atoms with Gasteiger partial charge in [0, 0.05) is 12.0 Å². The number of benzene rings is 1. The van der Waals surface area contributed by atoms with Crippen LogP contribution in [0.5, 0.6) is 5.75 Å². The van der Waals surface area contributed by atoms with E-state index in [-0.39, 0.29) is 6.04 Å². The molecule has 0 spiro atoms. The quantitative estimate of drug-likeness (QED) is 0.809. The normalized spacial score (nSPS) is 24.7. The second kappa shape index (κ2) is 5.75. The van der Waals surface area contributed by atoms with Crippen molar-refractivity contribution in [2.75, 3.05) is 7.11 Å². The van der Waals surface area contributed by atoms with Crippen molar-refractivity contribution in [3.8, 4) is 5.75 Å². The molecular weight excluding hydrogens is 222 g/mol. The molecule has 0 saturated heterocycles. The maximum atomic E-state index is 6.37. The molecule has 0 radical (unpaired) electrons. The molecule has 0 aliphatic heterocycles. The summed E-state index contributed by atoms with van der Waals surface area (Å²) in [7, 11) is 1.77. The highest BCUT2D eigenvalue weighted by atomic mass is 16.5. The molecule has 0 amide bonds. The summed E-state index contributed by atoms with van der Waals surface area (Å²) in [6, 6.07) is 4.70. The van der Waals surface area contributed by atoms with Gasteiger partial charge in [-0.3, -0.25) is 0 Å². The van der Waals surface area contributed by atoms with Crippen molar-refractivity contribution in [1.82, 2.24) is 0 Å². The molecule has 2 unspecified atom stereocenters. The van der Waals surface area contributed by atoms with Crippen LogP contribution in [-0.2, 0) is 0 Å². The fourth-order valence-corrected chi connectivity index (χ4v) is 3.10. The van der Waals surface area contributed by atoms with E-state index in [9.17, 15) is 0 Å². The average Bonchev–Trinajstić information content (AvgIpc) is 2.57. The number of nitrogens with two attached hydrogens (primary N) is 1. The van der Waals surface area contributed by atoms with Gasteiger partial charge in [-0.1, -0.05) is 31.4 Å². The van der Waals surface area contributed by atoms with Gasteiger partial charge in [0.15, 0.2) is 0 Å². The third-order valence-electron chi connectivity index (χ3n) is 4.38. The molecular formula is C16H25NO. The highest BCUT2D eigenvalue weighted by molar-refractivity contribution is 5.47. The first-order valence-corrected chi connectivity index (χ1v) is 7.04. The van der Waals surface area contributed by atoms with Crippen LogP contribution in [-0.4, -0.2) is 13.2 Å². The Morgan fingerprint density at radius 1 is 1.11 bits per heavy atom. The van der Waals surface area contributed by atoms with E-state index < -0.39 is 0 Å². The van der Waals surface area contributed by atoms with E-state index in [0.717, 1.165) is 12.2 Å². The van der Waals surface area contributed by atoms with Crippen molar-refractivity contribution in [1.29, 1.82) is 0 Å². The van der Waals surface area contributed by atoms with Crippen molar-refractivity contribution in [2.45, 2.75) is 57.9 Å².